The van der Waals surface area contributed by atoms with Gasteiger partial charge in [-0.2, -0.15) is 0 Å². The molecule has 14 heavy (non-hydrogen) atoms. The topological polar surface area (TPSA) is 52.6 Å². The fraction of sp³-hybridized carbons (Fsp3) is 0.900. The van der Waals surface area contributed by atoms with E-state index in [1.165, 1.54) is 0 Å². The molecule has 2 saturated heterocycles. The van der Waals surface area contributed by atoms with Crippen molar-refractivity contribution in [3.8, 4) is 0 Å². The number of aliphatic hydroxyl groups is 1. The molecule has 0 aromatic rings. The Morgan fingerprint density at radius 3 is 2.71 bits per heavy atom. The SMILES string of the molecule is O=C1CC(O)CN1CC1CCNCC1. The highest BCUT2D eigenvalue weighted by atomic mass is 16.3. The van der Waals surface area contributed by atoms with Crippen molar-refractivity contribution in [1.82, 2.24) is 10.2 Å². The van der Waals surface area contributed by atoms with Gasteiger partial charge in [0.15, 0.2) is 0 Å². The Morgan fingerprint density at radius 2 is 2.14 bits per heavy atom. The Balaban J connectivity index is 1.81. The van der Waals surface area contributed by atoms with Gasteiger partial charge in [-0.25, -0.2) is 0 Å². The fourth-order valence-corrected chi connectivity index (χ4v) is 2.30. The van der Waals surface area contributed by atoms with Gasteiger partial charge in [-0.15, -0.1) is 0 Å². The Morgan fingerprint density at radius 1 is 1.43 bits per heavy atom. The molecule has 0 radical (unpaired) electrons. The van der Waals surface area contributed by atoms with Crippen LogP contribution in [0.3, 0.4) is 0 Å². The van der Waals surface area contributed by atoms with Crippen LogP contribution in [0.15, 0.2) is 0 Å². The number of nitrogens with zero attached hydrogens (tertiary/aromatic N) is 1. The molecule has 2 N–H and O–H groups in total. The van der Waals surface area contributed by atoms with Gasteiger partial charge in [-0.1, -0.05) is 0 Å². The summed E-state index contributed by atoms with van der Waals surface area (Å²) in [6, 6.07) is 0. The van der Waals surface area contributed by atoms with E-state index in [0.717, 1.165) is 32.5 Å². The van der Waals surface area contributed by atoms with E-state index in [0.29, 0.717) is 18.9 Å². The minimum absolute atomic E-state index is 0.121. The zero-order valence-corrected chi connectivity index (χ0v) is 8.41. The number of carbonyl (C=O) groups is 1. The van der Waals surface area contributed by atoms with Crippen LogP contribution in [-0.2, 0) is 4.79 Å². The number of hydrogen-bond acceptors (Lipinski definition) is 3. The van der Waals surface area contributed by atoms with E-state index in [2.05, 4.69) is 5.32 Å². The summed E-state index contributed by atoms with van der Waals surface area (Å²) in [5.74, 6) is 0.751. The number of rotatable bonds is 2. The normalized spacial score (nSPS) is 29.9. The maximum atomic E-state index is 11.4. The Hall–Kier alpha value is -0.610. The van der Waals surface area contributed by atoms with Gasteiger partial charge in [0.05, 0.1) is 12.5 Å². The molecule has 1 atom stereocenters. The highest BCUT2D eigenvalue weighted by Gasteiger charge is 2.29. The molecule has 0 bridgehead atoms. The van der Waals surface area contributed by atoms with Crippen LogP contribution in [0.25, 0.3) is 0 Å². The summed E-state index contributed by atoms with van der Waals surface area (Å²) in [6.45, 7) is 3.52. The molecule has 0 aromatic heterocycles. The number of hydrogen-bond donors (Lipinski definition) is 2. The van der Waals surface area contributed by atoms with Gasteiger partial charge >= 0.3 is 0 Å². The number of aliphatic hydroxyl groups excluding tert-OH is 1. The van der Waals surface area contributed by atoms with Crippen molar-refractivity contribution in [2.45, 2.75) is 25.4 Å². The second kappa shape index (κ2) is 4.28. The van der Waals surface area contributed by atoms with Crippen LogP contribution >= 0.6 is 0 Å². The number of nitrogens with one attached hydrogen (secondary N) is 1. The van der Waals surface area contributed by atoms with Crippen molar-refractivity contribution in [1.29, 1.82) is 0 Å². The maximum absolute atomic E-state index is 11.4. The van der Waals surface area contributed by atoms with Gasteiger partial charge in [-0.3, -0.25) is 4.79 Å². The Bertz CT molecular complexity index is 214. The predicted octanol–water partition coefficient (Wildman–Crippen LogP) is -0.421. The zero-order chi connectivity index (χ0) is 9.97. The molecule has 2 rings (SSSR count). The van der Waals surface area contributed by atoms with E-state index >= 15 is 0 Å². The molecule has 2 aliphatic rings. The van der Waals surface area contributed by atoms with Crippen molar-refractivity contribution >= 4 is 5.91 Å². The third-order valence-electron chi connectivity index (χ3n) is 3.13. The number of likely N-dealkylation sites (tertiary alicyclic amines) is 1. The number of β-amino-alcohol motifs (C(OH)–C–C–N with tert-alkyl or cyclic N) is 1. The van der Waals surface area contributed by atoms with Crippen molar-refractivity contribution in [3.63, 3.8) is 0 Å². The molecule has 0 aromatic carbocycles. The summed E-state index contributed by atoms with van der Waals surface area (Å²) in [7, 11) is 0. The lowest BCUT2D eigenvalue weighted by molar-refractivity contribution is -0.128. The highest BCUT2D eigenvalue weighted by Crippen LogP contribution is 2.18. The van der Waals surface area contributed by atoms with Crippen LogP contribution in [0.2, 0.25) is 0 Å². The summed E-state index contributed by atoms with van der Waals surface area (Å²) in [5, 5.41) is 12.6. The average molecular weight is 198 g/mol. The molecule has 1 amide bonds. The summed E-state index contributed by atoms with van der Waals surface area (Å²) < 4.78 is 0. The average Bonchev–Trinajstić information content (AvgIpc) is 2.47. The summed E-state index contributed by atoms with van der Waals surface area (Å²) in [4.78, 5) is 13.2. The monoisotopic (exact) mass is 198 g/mol. The van der Waals surface area contributed by atoms with Gasteiger partial charge in [-0.05, 0) is 31.8 Å². The van der Waals surface area contributed by atoms with Crippen LogP contribution in [0.5, 0.6) is 0 Å². The first-order valence-electron chi connectivity index (χ1n) is 5.42. The highest BCUT2D eigenvalue weighted by molar-refractivity contribution is 5.78. The Kier molecular flexibility index (Phi) is 3.03. The lowest BCUT2D eigenvalue weighted by Crippen LogP contribution is -2.37. The predicted molar refractivity (Wildman–Crippen MR) is 52.8 cm³/mol. The van der Waals surface area contributed by atoms with Crippen molar-refractivity contribution in [2.75, 3.05) is 26.2 Å². The number of piperidine rings is 1. The maximum Gasteiger partial charge on any atom is 0.225 e. The van der Waals surface area contributed by atoms with Gasteiger partial charge in [0, 0.05) is 13.1 Å². The third-order valence-corrected chi connectivity index (χ3v) is 3.13. The molecular formula is C10H18N2O2. The number of amides is 1. The molecule has 80 valence electrons. The first-order chi connectivity index (χ1) is 6.75. The molecule has 2 heterocycles. The molecule has 0 spiro atoms. The summed E-state index contributed by atoms with van der Waals surface area (Å²) >= 11 is 0. The minimum Gasteiger partial charge on any atom is -0.391 e. The summed E-state index contributed by atoms with van der Waals surface area (Å²) in [5.41, 5.74) is 0. The van der Waals surface area contributed by atoms with Crippen molar-refractivity contribution in [3.05, 3.63) is 0 Å². The van der Waals surface area contributed by atoms with Crippen LogP contribution in [0.4, 0.5) is 0 Å². The minimum atomic E-state index is -0.427. The lowest BCUT2D eigenvalue weighted by Gasteiger charge is -2.27. The van der Waals surface area contributed by atoms with E-state index < -0.39 is 6.10 Å². The van der Waals surface area contributed by atoms with E-state index in [4.69, 9.17) is 0 Å². The summed E-state index contributed by atoms with van der Waals surface area (Å²) in [6.07, 6.45) is 2.20. The number of carbonyl (C=O) groups excluding carboxylic acids is 1. The molecule has 0 saturated carbocycles. The van der Waals surface area contributed by atoms with E-state index in [1.54, 1.807) is 0 Å². The zero-order valence-electron chi connectivity index (χ0n) is 8.41. The molecular weight excluding hydrogens is 180 g/mol. The Labute approximate surface area is 84.3 Å². The van der Waals surface area contributed by atoms with Crippen LogP contribution in [-0.4, -0.2) is 48.2 Å². The third kappa shape index (κ3) is 2.25. The van der Waals surface area contributed by atoms with Crippen LogP contribution < -0.4 is 5.32 Å². The standard InChI is InChI=1S/C10H18N2O2/c13-9-5-10(14)12(7-9)6-8-1-3-11-4-2-8/h8-9,11,13H,1-7H2. The first-order valence-corrected chi connectivity index (χ1v) is 5.42. The largest absolute Gasteiger partial charge is 0.391 e. The second-order valence-corrected chi connectivity index (χ2v) is 4.35. The first kappa shape index (κ1) is 9.93. The molecule has 0 aliphatic carbocycles. The van der Waals surface area contributed by atoms with Crippen molar-refractivity contribution in [2.24, 2.45) is 5.92 Å². The molecule has 2 aliphatic heterocycles. The van der Waals surface area contributed by atoms with E-state index in [-0.39, 0.29) is 5.91 Å². The van der Waals surface area contributed by atoms with Crippen molar-refractivity contribution < 1.29 is 9.90 Å². The van der Waals surface area contributed by atoms with Gasteiger partial charge in [0.2, 0.25) is 5.91 Å². The van der Waals surface area contributed by atoms with Gasteiger partial charge < -0.3 is 15.3 Å². The molecule has 4 heteroatoms. The molecule has 2 fully saturated rings. The van der Waals surface area contributed by atoms with E-state index in [9.17, 15) is 9.90 Å². The second-order valence-electron chi connectivity index (χ2n) is 4.35. The van der Waals surface area contributed by atoms with Gasteiger partial charge in [0.1, 0.15) is 0 Å². The van der Waals surface area contributed by atoms with Crippen LogP contribution in [0.1, 0.15) is 19.3 Å². The molecule has 4 nitrogen and oxygen atoms in total. The smallest absolute Gasteiger partial charge is 0.225 e. The fourth-order valence-electron chi connectivity index (χ4n) is 2.30. The van der Waals surface area contributed by atoms with Crippen LogP contribution in [0, 0.1) is 5.92 Å². The van der Waals surface area contributed by atoms with Gasteiger partial charge in [0.25, 0.3) is 0 Å². The lowest BCUT2D eigenvalue weighted by atomic mass is 9.98. The van der Waals surface area contributed by atoms with E-state index in [1.807, 2.05) is 4.90 Å². The molecule has 1 unspecified atom stereocenters. The quantitative estimate of drug-likeness (QED) is 0.633.